The van der Waals surface area contributed by atoms with Crippen molar-refractivity contribution in [2.45, 2.75) is 13.1 Å². The Bertz CT molecular complexity index is 3070. The maximum atomic E-state index is 14.2. The predicted octanol–water partition coefficient (Wildman–Crippen LogP) is 13.7. The molecule has 10 aromatic rings. The van der Waals surface area contributed by atoms with E-state index in [9.17, 15) is 13.2 Å². The molecule has 0 radical (unpaired) electrons. The lowest BCUT2D eigenvalue weighted by molar-refractivity contribution is -0.137. The van der Waals surface area contributed by atoms with Gasteiger partial charge in [-0.1, -0.05) is 133 Å². The Morgan fingerprint density at radius 2 is 0.833 bits per heavy atom. The largest absolute Gasteiger partial charge is 0.416 e. The van der Waals surface area contributed by atoms with Crippen molar-refractivity contribution in [1.82, 2.24) is 24.5 Å². The van der Waals surface area contributed by atoms with E-state index in [0.29, 0.717) is 39.2 Å². The Balaban J connectivity index is 1.28. The van der Waals surface area contributed by atoms with Crippen LogP contribution < -0.4 is 0 Å². The summed E-state index contributed by atoms with van der Waals surface area (Å²) in [5, 5.41) is 1.20. The Morgan fingerprint density at radius 3 is 1.30 bits per heavy atom. The van der Waals surface area contributed by atoms with Crippen LogP contribution in [0, 0.1) is 6.92 Å². The van der Waals surface area contributed by atoms with Gasteiger partial charge < -0.3 is 4.57 Å². The molecule has 5 nitrogen and oxygen atoms in total. The molecule has 0 saturated carbocycles. The number of aryl methyl sites for hydroxylation is 1. The normalized spacial score (nSPS) is 11.7. The van der Waals surface area contributed by atoms with Gasteiger partial charge in [0, 0.05) is 44.2 Å². The summed E-state index contributed by atoms with van der Waals surface area (Å²) in [5.41, 5.74) is 10.3. The molecule has 0 unspecified atom stereocenters. The van der Waals surface area contributed by atoms with Crippen LogP contribution in [0.2, 0.25) is 0 Å². The topological polar surface area (TPSA) is 56.5 Å². The molecule has 0 saturated heterocycles. The number of halogens is 3. The molecule has 0 spiro atoms. The fourth-order valence-electron chi connectivity index (χ4n) is 7.79. The molecular formula is C52H34F3N5. The van der Waals surface area contributed by atoms with Crippen LogP contribution in [-0.2, 0) is 6.18 Å². The Labute approximate surface area is 344 Å². The van der Waals surface area contributed by atoms with Gasteiger partial charge in [-0.05, 0) is 67.6 Å². The van der Waals surface area contributed by atoms with E-state index in [2.05, 4.69) is 0 Å². The summed E-state index contributed by atoms with van der Waals surface area (Å²) >= 11 is 0. The molecule has 0 N–H and O–H groups in total. The van der Waals surface area contributed by atoms with Crippen molar-refractivity contribution in [3.05, 3.63) is 199 Å². The van der Waals surface area contributed by atoms with E-state index in [1.54, 1.807) is 6.07 Å². The van der Waals surface area contributed by atoms with E-state index in [1.807, 2.05) is 181 Å². The van der Waals surface area contributed by atoms with E-state index in [0.717, 1.165) is 67.7 Å². The summed E-state index contributed by atoms with van der Waals surface area (Å²) in [6.45, 7) is 1.94. The summed E-state index contributed by atoms with van der Waals surface area (Å²) in [6, 6.07) is 59.6. The van der Waals surface area contributed by atoms with Gasteiger partial charge in [-0.25, -0.2) is 19.9 Å². The molecule has 10 rings (SSSR count). The number of nitrogens with zero attached hydrogens (tertiary/aromatic N) is 5. The van der Waals surface area contributed by atoms with Crippen molar-refractivity contribution in [1.29, 1.82) is 0 Å². The third-order valence-corrected chi connectivity index (χ3v) is 10.7. The first-order valence-electron chi connectivity index (χ1n) is 19.5. The van der Waals surface area contributed by atoms with Crippen molar-refractivity contribution >= 4 is 21.8 Å². The average molecular weight is 786 g/mol. The van der Waals surface area contributed by atoms with Crippen LogP contribution in [0.25, 0.3) is 95.3 Å². The highest BCUT2D eigenvalue weighted by molar-refractivity contribution is 6.10. The summed E-state index contributed by atoms with van der Waals surface area (Å²) in [4.78, 5) is 20.8. The van der Waals surface area contributed by atoms with Crippen LogP contribution in [0.15, 0.2) is 188 Å². The summed E-state index contributed by atoms with van der Waals surface area (Å²) in [6.07, 6.45) is -4.51. The van der Waals surface area contributed by atoms with E-state index in [4.69, 9.17) is 19.9 Å². The summed E-state index contributed by atoms with van der Waals surface area (Å²) in [7, 11) is 0. The van der Waals surface area contributed by atoms with Crippen molar-refractivity contribution in [2.75, 3.05) is 0 Å². The molecule has 0 fully saturated rings. The lowest BCUT2D eigenvalue weighted by Crippen LogP contribution is -2.05. The summed E-state index contributed by atoms with van der Waals surface area (Å²) < 4.78 is 44.6. The first-order chi connectivity index (χ1) is 29.3. The maximum Gasteiger partial charge on any atom is 0.416 e. The first-order valence-corrected chi connectivity index (χ1v) is 19.5. The van der Waals surface area contributed by atoms with Crippen molar-refractivity contribution in [3.8, 4) is 73.5 Å². The van der Waals surface area contributed by atoms with Crippen LogP contribution in [0.1, 0.15) is 11.1 Å². The highest BCUT2D eigenvalue weighted by Crippen LogP contribution is 2.41. The average Bonchev–Trinajstić information content (AvgIpc) is 3.62. The molecule has 0 amide bonds. The second-order valence-corrected chi connectivity index (χ2v) is 14.7. The molecule has 8 heteroatoms. The van der Waals surface area contributed by atoms with E-state index in [1.165, 1.54) is 6.07 Å². The van der Waals surface area contributed by atoms with Crippen LogP contribution in [0.4, 0.5) is 13.2 Å². The van der Waals surface area contributed by atoms with Gasteiger partial charge in [0.2, 0.25) is 0 Å². The molecule has 3 heterocycles. The van der Waals surface area contributed by atoms with Gasteiger partial charge in [0.1, 0.15) is 0 Å². The quantitative estimate of drug-likeness (QED) is 0.161. The van der Waals surface area contributed by atoms with Gasteiger partial charge in [-0.2, -0.15) is 13.2 Å². The molecule has 0 bridgehead atoms. The predicted molar refractivity (Wildman–Crippen MR) is 234 cm³/mol. The fourth-order valence-corrected chi connectivity index (χ4v) is 7.79. The third-order valence-electron chi connectivity index (χ3n) is 10.7. The molecule has 0 atom stereocenters. The van der Waals surface area contributed by atoms with Gasteiger partial charge in [0.05, 0.1) is 45.1 Å². The van der Waals surface area contributed by atoms with E-state index < -0.39 is 11.7 Å². The van der Waals surface area contributed by atoms with Gasteiger partial charge in [0.25, 0.3) is 0 Å². The number of hydrogen-bond donors (Lipinski definition) is 0. The highest BCUT2D eigenvalue weighted by Gasteiger charge is 2.31. The van der Waals surface area contributed by atoms with Crippen LogP contribution in [0.5, 0.6) is 0 Å². The molecule has 0 aliphatic carbocycles. The van der Waals surface area contributed by atoms with E-state index >= 15 is 0 Å². The Morgan fingerprint density at radius 1 is 0.400 bits per heavy atom. The van der Waals surface area contributed by atoms with Crippen molar-refractivity contribution in [3.63, 3.8) is 0 Å². The smallest absolute Gasteiger partial charge is 0.309 e. The van der Waals surface area contributed by atoms with E-state index in [-0.39, 0.29) is 0 Å². The Kier molecular flexibility index (Phi) is 9.10. The van der Waals surface area contributed by atoms with Crippen molar-refractivity contribution in [2.24, 2.45) is 0 Å². The van der Waals surface area contributed by atoms with Gasteiger partial charge in [-0.15, -0.1) is 0 Å². The molecule has 0 aliphatic rings. The molecule has 60 heavy (non-hydrogen) atoms. The zero-order valence-electron chi connectivity index (χ0n) is 32.3. The monoisotopic (exact) mass is 785 g/mol. The zero-order chi connectivity index (χ0) is 40.8. The maximum absolute atomic E-state index is 14.2. The second kappa shape index (κ2) is 14.9. The first kappa shape index (κ1) is 36.6. The third kappa shape index (κ3) is 6.88. The fraction of sp³-hybridized carbons (Fsp3) is 0.0385. The van der Waals surface area contributed by atoms with Gasteiger partial charge >= 0.3 is 6.18 Å². The number of benzene rings is 7. The van der Waals surface area contributed by atoms with Gasteiger partial charge in [0.15, 0.2) is 11.6 Å². The number of rotatable bonds is 7. The van der Waals surface area contributed by atoms with Crippen LogP contribution in [0.3, 0.4) is 0 Å². The highest BCUT2D eigenvalue weighted by atomic mass is 19.4. The minimum Gasteiger partial charge on any atom is -0.309 e. The minimum atomic E-state index is -4.51. The molecule has 7 aromatic carbocycles. The molecular weight excluding hydrogens is 752 g/mol. The number of hydrogen-bond acceptors (Lipinski definition) is 4. The molecule has 288 valence electrons. The van der Waals surface area contributed by atoms with Crippen LogP contribution >= 0.6 is 0 Å². The molecule has 3 aromatic heterocycles. The molecule has 0 aliphatic heterocycles. The number of aromatic nitrogens is 5. The lowest BCUT2D eigenvalue weighted by Gasteiger charge is -2.17. The number of alkyl halides is 3. The SMILES string of the molecule is Cc1ccc2c(c1)c1cc(C(F)(F)F)ccc1n2-c1ccc(-c2nc(-c3ccccc3)cc(-c3ccccc3)n2)cc1-c1nc(-c2ccccc2)cc(-c2ccccc2)n1. The standard InChI is InChI=1S/C52H34F3N5/c1-33-22-25-47-40(28-33)41-30-39(52(53,54)55)24-27-48(41)60(47)49-26-23-38(50-56-43(34-14-6-2-7-15-34)31-44(57-50)35-16-8-3-9-17-35)29-42(49)51-58-45(36-18-10-4-11-19-36)32-46(59-51)37-20-12-5-13-21-37/h2-32H,1H3. The van der Waals surface area contributed by atoms with Crippen molar-refractivity contribution < 1.29 is 13.2 Å². The second-order valence-electron chi connectivity index (χ2n) is 14.7. The zero-order valence-corrected chi connectivity index (χ0v) is 32.3. The Hall–Kier alpha value is -7.71. The van der Waals surface area contributed by atoms with Crippen LogP contribution in [-0.4, -0.2) is 24.5 Å². The van der Waals surface area contributed by atoms with Gasteiger partial charge in [-0.3, -0.25) is 0 Å². The summed E-state index contributed by atoms with van der Waals surface area (Å²) in [5.74, 6) is 0.932. The lowest BCUT2D eigenvalue weighted by atomic mass is 10.0. The minimum absolute atomic E-state index is 0.434. The number of fused-ring (bicyclic) bond motifs is 3.